The zero-order valence-corrected chi connectivity index (χ0v) is 26.4. The lowest BCUT2D eigenvalue weighted by Gasteiger charge is -2.17. The van der Waals surface area contributed by atoms with Crippen LogP contribution >= 0.6 is 23.2 Å². The van der Waals surface area contributed by atoms with E-state index in [1.165, 1.54) is 6.20 Å². The fourth-order valence-electron chi connectivity index (χ4n) is 5.14. The highest BCUT2D eigenvalue weighted by molar-refractivity contribution is 6.39. The first-order chi connectivity index (χ1) is 21.8. The molecule has 0 spiro atoms. The quantitative estimate of drug-likeness (QED) is 0.154. The summed E-state index contributed by atoms with van der Waals surface area (Å²) in [7, 11) is 3.36. The molecule has 5 rings (SSSR count). The fraction of sp³-hybridized carbons (Fsp3) is 0.312. The number of hydrogen-bond donors (Lipinski definition) is 4. The summed E-state index contributed by atoms with van der Waals surface area (Å²) in [5, 5.41) is 19.1. The highest BCUT2D eigenvalue weighted by atomic mass is 35.5. The highest BCUT2D eigenvalue weighted by Crippen LogP contribution is 2.41. The predicted octanol–water partition coefficient (Wildman–Crippen LogP) is 5.20. The van der Waals surface area contributed by atoms with Crippen molar-refractivity contribution in [3.8, 4) is 28.4 Å². The van der Waals surface area contributed by atoms with Crippen LogP contribution in [-0.4, -0.2) is 70.8 Å². The lowest BCUT2D eigenvalue weighted by atomic mass is 10.1. The normalized spacial score (nSPS) is 14.6. The molecular formula is C32H34Cl2FN7O3. The monoisotopic (exact) mass is 653 g/mol. The van der Waals surface area contributed by atoms with Crippen molar-refractivity contribution in [1.82, 2.24) is 30.5 Å². The van der Waals surface area contributed by atoms with E-state index >= 15 is 4.39 Å². The second kappa shape index (κ2) is 14.9. The summed E-state index contributed by atoms with van der Waals surface area (Å²) in [4.78, 5) is 26.7. The lowest BCUT2D eigenvalue weighted by molar-refractivity contribution is -0.119. The van der Waals surface area contributed by atoms with Crippen molar-refractivity contribution in [2.75, 3.05) is 39.2 Å². The number of aromatic nitrogens is 3. The first-order valence-electron chi connectivity index (χ1n) is 14.5. The van der Waals surface area contributed by atoms with Gasteiger partial charge in [0.2, 0.25) is 11.8 Å². The van der Waals surface area contributed by atoms with E-state index in [-0.39, 0.29) is 24.4 Å². The van der Waals surface area contributed by atoms with Crippen LogP contribution in [0.5, 0.6) is 5.88 Å². The van der Waals surface area contributed by atoms with Gasteiger partial charge in [-0.2, -0.15) is 0 Å². The molecule has 4 N–H and O–H groups in total. The molecule has 0 radical (unpaired) electrons. The van der Waals surface area contributed by atoms with E-state index < -0.39 is 5.82 Å². The van der Waals surface area contributed by atoms with E-state index in [1.54, 1.807) is 50.7 Å². The van der Waals surface area contributed by atoms with Crippen LogP contribution in [0.1, 0.15) is 24.0 Å². The van der Waals surface area contributed by atoms with Gasteiger partial charge in [0.1, 0.15) is 0 Å². The maximum Gasteiger partial charge on any atom is 0.220 e. The molecule has 4 heterocycles. The third-order valence-electron chi connectivity index (χ3n) is 7.49. The number of rotatable bonds is 13. The number of amides is 1. The van der Waals surface area contributed by atoms with Crippen molar-refractivity contribution in [2.45, 2.75) is 32.0 Å². The molecule has 1 atom stereocenters. The Kier molecular flexibility index (Phi) is 10.8. The summed E-state index contributed by atoms with van der Waals surface area (Å²) >= 11 is 13.8. The predicted molar refractivity (Wildman–Crippen MR) is 173 cm³/mol. The van der Waals surface area contributed by atoms with E-state index in [2.05, 4.69) is 25.9 Å². The third kappa shape index (κ3) is 7.69. The number of ether oxygens (including phenoxy) is 1. The molecule has 0 bridgehead atoms. The van der Waals surface area contributed by atoms with Crippen LogP contribution in [0.15, 0.2) is 54.9 Å². The van der Waals surface area contributed by atoms with E-state index in [0.29, 0.717) is 82.3 Å². The zero-order valence-electron chi connectivity index (χ0n) is 24.9. The SMILES string of the molecule is COc1nc(-c2ccnc(-c3cccc(Nc4nccc(CN(C)CCO)c4F)c3Cl)c2Cl)ccc1CNC[C@H]1CCC(=O)N1. The van der Waals surface area contributed by atoms with E-state index in [0.717, 1.165) is 12.0 Å². The average Bonchev–Trinajstić information content (AvgIpc) is 3.45. The highest BCUT2D eigenvalue weighted by Gasteiger charge is 2.21. The molecule has 45 heavy (non-hydrogen) atoms. The Hall–Kier alpha value is -3.87. The van der Waals surface area contributed by atoms with Crippen molar-refractivity contribution in [3.05, 3.63) is 81.8 Å². The molecule has 1 saturated heterocycles. The number of anilines is 2. The zero-order chi connectivity index (χ0) is 31.9. The van der Waals surface area contributed by atoms with Gasteiger partial charge in [-0.15, -0.1) is 0 Å². The largest absolute Gasteiger partial charge is 0.481 e. The molecule has 3 aromatic heterocycles. The third-order valence-corrected chi connectivity index (χ3v) is 8.28. The van der Waals surface area contributed by atoms with Crippen LogP contribution in [0.25, 0.3) is 22.5 Å². The average molecular weight is 655 g/mol. The number of nitrogens with one attached hydrogen (secondary N) is 3. The summed E-state index contributed by atoms with van der Waals surface area (Å²) in [5.74, 6) is 0.0494. The molecule has 13 heteroatoms. The van der Waals surface area contributed by atoms with E-state index in [9.17, 15) is 9.90 Å². The minimum Gasteiger partial charge on any atom is -0.481 e. The number of methoxy groups -OCH3 is 1. The van der Waals surface area contributed by atoms with Crippen molar-refractivity contribution >= 4 is 40.6 Å². The number of hydrogen-bond acceptors (Lipinski definition) is 9. The number of carbonyl (C=O) groups excluding carboxylic acids is 1. The van der Waals surface area contributed by atoms with Gasteiger partial charge >= 0.3 is 0 Å². The number of benzene rings is 1. The Morgan fingerprint density at radius 1 is 1.09 bits per heavy atom. The molecule has 1 aliphatic heterocycles. The molecule has 1 amide bonds. The van der Waals surface area contributed by atoms with Gasteiger partial charge < -0.3 is 25.8 Å². The van der Waals surface area contributed by atoms with Crippen LogP contribution in [0, 0.1) is 5.82 Å². The Balaban J connectivity index is 1.37. The van der Waals surface area contributed by atoms with Gasteiger partial charge in [-0.25, -0.2) is 14.4 Å². The van der Waals surface area contributed by atoms with Gasteiger partial charge in [-0.05, 0) is 37.7 Å². The van der Waals surface area contributed by atoms with Gasteiger partial charge in [0.15, 0.2) is 11.6 Å². The molecule has 0 aliphatic carbocycles. The first kappa shape index (κ1) is 32.5. The van der Waals surface area contributed by atoms with Crippen LogP contribution < -0.4 is 20.7 Å². The fourth-order valence-corrected chi connectivity index (χ4v) is 5.72. The number of halogens is 3. The van der Waals surface area contributed by atoms with Crippen molar-refractivity contribution in [3.63, 3.8) is 0 Å². The van der Waals surface area contributed by atoms with Crippen LogP contribution in [0.2, 0.25) is 10.0 Å². The Labute approximate surface area is 271 Å². The summed E-state index contributed by atoms with van der Waals surface area (Å²) in [5.41, 5.74) is 3.92. The molecular weight excluding hydrogens is 620 g/mol. The van der Waals surface area contributed by atoms with Crippen LogP contribution in [0.3, 0.4) is 0 Å². The minimum atomic E-state index is -0.508. The molecule has 1 fully saturated rings. The van der Waals surface area contributed by atoms with Crippen molar-refractivity contribution in [1.29, 1.82) is 0 Å². The summed E-state index contributed by atoms with van der Waals surface area (Å²) in [6, 6.07) is 12.5. The molecule has 10 nitrogen and oxygen atoms in total. The topological polar surface area (TPSA) is 125 Å². The Morgan fingerprint density at radius 2 is 1.91 bits per heavy atom. The molecule has 0 saturated carbocycles. The molecule has 4 aromatic rings. The number of aliphatic hydroxyl groups is 1. The number of likely N-dealkylation sites (N-methyl/N-ethyl adjacent to an activating group) is 1. The molecule has 236 valence electrons. The smallest absolute Gasteiger partial charge is 0.220 e. The second-order valence-electron chi connectivity index (χ2n) is 10.7. The second-order valence-corrected chi connectivity index (χ2v) is 11.5. The van der Waals surface area contributed by atoms with Gasteiger partial charge in [-0.3, -0.25) is 14.7 Å². The van der Waals surface area contributed by atoms with E-state index in [1.807, 2.05) is 17.0 Å². The number of carbonyl (C=O) groups is 1. The van der Waals surface area contributed by atoms with Gasteiger partial charge in [0.05, 0.1) is 40.8 Å². The standard InChI is InChI=1S/C32H34Cl2FN7O3/c1-42(14-15-43)18-20-10-12-38-31(29(20)35)40-25-5-3-4-23(27(25)33)30-28(34)22(11-13-37-30)24-8-6-19(32(41-24)45-2)16-36-17-21-7-9-26(44)39-21/h3-6,8,10-13,21,36,43H,7,9,14-18H2,1-2H3,(H,38,40)(H,39,44)/t21-/m1/s1. The summed E-state index contributed by atoms with van der Waals surface area (Å²) < 4.78 is 20.9. The maximum absolute atomic E-state index is 15.3. The Bertz CT molecular complexity index is 1680. The number of nitrogens with zero attached hydrogens (tertiary/aromatic N) is 4. The summed E-state index contributed by atoms with van der Waals surface area (Å²) in [6.45, 7) is 1.87. The number of pyridine rings is 3. The van der Waals surface area contributed by atoms with Crippen molar-refractivity contribution in [2.24, 2.45) is 0 Å². The van der Waals surface area contributed by atoms with Gasteiger partial charge in [-0.1, -0.05) is 41.4 Å². The number of aliphatic hydroxyl groups excluding tert-OH is 1. The van der Waals surface area contributed by atoms with E-state index in [4.69, 9.17) is 32.9 Å². The first-order valence-corrected chi connectivity index (χ1v) is 15.2. The van der Waals surface area contributed by atoms with Crippen molar-refractivity contribution < 1.29 is 19.0 Å². The summed E-state index contributed by atoms with van der Waals surface area (Å²) in [6.07, 6.45) is 4.52. The lowest BCUT2D eigenvalue weighted by Crippen LogP contribution is -2.35. The van der Waals surface area contributed by atoms with Crippen LogP contribution in [-0.2, 0) is 17.9 Å². The molecule has 1 aliphatic rings. The van der Waals surface area contributed by atoms with Gasteiger partial charge in [0, 0.05) is 73.3 Å². The van der Waals surface area contributed by atoms with Gasteiger partial charge in [0.25, 0.3) is 0 Å². The molecule has 0 unspecified atom stereocenters. The Morgan fingerprint density at radius 3 is 2.67 bits per heavy atom. The minimum absolute atomic E-state index is 0.0236. The molecule has 1 aromatic carbocycles. The van der Waals surface area contributed by atoms with Crippen LogP contribution in [0.4, 0.5) is 15.9 Å². The maximum atomic E-state index is 15.3.